The Kier molecular flexibility index (Phi) is 33.7. The van der Waals surface area contributed by atoms with Gasteiger partial charge in [-0.2, -0.15) is 0 Å². The highest BCUT2D eigenvalue weighted by Gasteiger charge is 2.38. The average molecular weight is 1070 g/mol. The molecule has 0 bridgehead atoms. The summed E-state index contributed by atoms with van der Waals surface area (Å²) >= 11 is 0. The smallest absolute Gasteiger partial charge is 0.257 e. The lowest BCUT2D eigenvalue weighted by atomic mass is 9.94. The summed E-state index contributed by atoms with van der Waals surface area (Å²) in [6, 6.07) is 9.16. The zero-order valence-corrected chi connectivity index (χ0v) is 44.5. The maximum atomic E-state index is 13.3. The maximum Gasteiger partial charge on any atom is 0.257 e. The Labute approximate surface area is 443 Å². The van der Waals surface area contributed by atoms with Gasteiger partial charge in [-0.3, -0.25) is 19.3 Å². The van der Waals surface area contributed by atoms with Crippen LogP contribution in [0.15, 0.2) is 53.8 Å². The van der Waals surface area contributed by atoms with Crippen molar-refractivity contribution in [3.05, 3.63) is 59.4 Å². The van der Waals surface area contributed by atoms with E-state index in [0.717, 1.165) is 56.1 Å². The number of benzene rings is 1. The fourth-order valence-corrected chi connectivity index (χ4v) is 10.1. The van der Waals surface area contributed by atoms with Crippen molar-refractivity contribution in [3.63, 3.8) is 0 Å². The average Bonchev–Trinajstić information content (AvgIpc) is 3.61. The second kappa shape index (κ2) is 37.4. The molecule has 0 aromatic heterocycles. The lowest BCUT2D eigenvalue weighted by Gasteiger charge is -2.24. The third kappa shape index (κ3) is 30.3. The predicted molar refractivity (Wildman–Crippen MR) is 279 cm³/mol. The molecule has 15 N–H and O–H groups in total. The highest BCUT2D eigenvalue weighted by Crippen LogP contribution is 2.27. The maximum absolute atomic E-state index is 13.3. The third-order valence-electron chi connectivity index (χ3n) is 13.7. The van der Waals surface area contributed by atoms with E-state index < -0.39 is 91.5 Å². The second-order valence-corrected chi connectivity index (χ2v) is 21.4. The summed E-state index contributed by atoms with van der Waals surface area (Å²) in [4.78, 5) is 37.7. The largest absolute Gasteiger partial charge is 0.499 e. The van der Waals surface area contributed by atoms with Crippen molar-refractivity contribution >= 4 is 18.2 Å². The van der Waals surface area contributed by atoms with E-state index in [1.54, 1.807) is 6.08 Å². The molecule has 0 saturated heterocycles. The number of hydrogen-bond acceptors (Lipinski definition) is 18. The molecular weight excluding hydrogens is 977 g/mol. The van der Waals surface area contributed by atoms with E-state index in [-0.39, 0.29) is 102 Å². The molecule has 0 fully saturated rings. The van der Waals surface area contributed by atoms with Crippen LogP contribution in [0.25, 0.3) is 0 Å². The number of methoxy groups -OCH3 is 1. The molecule has 16 unspecified atom stereocenters. The number of aliphatic hydroxyl groups excluding tert-OH is 14. The molecule has 1 heterocycles. The molecule has 20 heteroatoms. The standard InChI is InChI=1S/C55H94N2O18/c1-35(16-36(2)17-54(73)57-52(53(75-3)32-55(57)74)18-37-13-9-7-10-14-37)12-8-5-4-6-11-15-38(59)19-39(60)20-40(61)21-41(62)22-42(63)23-43(64)24-44(65)25-45(66)26-46(67)27-47(68)28-48(69)29-49(70)30-50(71)31-51(72)33-56-34-58/h7,9-10,13-14,17,32,34-35,38-52,59-72H,4-6,8,11-12,15-16,18-31,33H2,1-3H3,(H,56,58). The van der Waals surface area contributed by atoms with Crippen molar-refractivity contribution in [2.75, 3.05) is 13.7 Å². The van der Waals surface area contributed by atoms with Gasteiger partial charge in [0, 0.05) is 31.5 Å². The number of imide groups is 1. The molecule has 0 spiro atoms. The molecule has 2 rings (SSSR count). The SMILES string of the molecule is COC1=CC(=O)N(C(=O)C=C(C)CC(C)CCCCCCCC(O)CC(O)CC(O)CC(O)CC(O)CC(O)CC(O)CC(O)CC(O)CC(O)CC(O)CC(O)CC(O)CC(O)CNC=O)C1Cc1ccccc1. The molecule has 432 valence electrons. The van der Waals surface area contributed by atoms with Crippen molar-refractivity contribution < 1.29 is 90.6 Å². The van der Waals surface area contributed by atoms with Crippen LogP contribution in [-0.2, 0) is 25.5 Å². The minimum Gasteiger partial charge on any atom is -0.499 e. The molecule has 20 nitrogen and oxygen atoms in total. The number of nitrogens with one attached hydrogen (secondary N) is 1. The van der Waals surface area contributed by atoms with Crippen LogP contribution in [0.2, 0.25) is 0 Å². The van der Waals surface area contributed by atoms with Crippen LogP contribution in [0.1, 0.15) is 154 Å². The molecule has 3 amide bonds. The molecule has 75 heavy (non-hydrogen) atoms. The van der Waals surface area contributed by atoms with Crippen LogP contribution in [0.3, 0.4) is 0 Å². The first-order valence-electron chi connectivity index (χ1n) is 27.0. The monoisotopic (exact) mass is 1070 g/mol. The van der Waals surface area contributed by atoms with E-state index >= 15 is 0 Å². The van der Waals surface area contributed by atoms with Gasteiger partial charge >= 0.3 is 0 Å². The zero-order valence-electron chi connectivity index (χ0n) is 44.5. The normalized spacial score (nSPS) is 20.4. The number of rotatable bonds is 43. The Morgan fingerprint density at radius 2 is 0.920 bits per heavy atom. The zero-order chi connectivity index (χ0) is 56.0. The Bertz CT molecular complexity index is 1780. The van der Waals surface area contributed by atoms with Crippen molar-refractivity contribution in [1.29, 1.82) is 0 Å². The van der Waals surface area contributed by atoms with Gasteiger partial charge in [0.2, 0.25) is 6.41 Å². The summed E-state index contributed by atoms with van der Waals surface area (Å²) in [5.74, 6) is 0.0733. The molecule has 0 aliphatic carbocycles. The molecule has 0 radical (unpaired) electrons. The van der Waals surface area contributed by atoms with Crippen LogP contribution in [0.4, 0.5) is 0 Å². The number of amides is 3. The Morgan fingerprint density at radius 3 is 1.31 bits per heavy atom. The van der Waals surface area contributed by atoms with Crippen LogP contribution in [0, 0.1) is 5.92 Å². The fourth-order valence-electron chi connectivity index (χ4n) is 10.1. The van der Waals surface area contributed by atoms with E-state index in [1.807, 2.05) is 37.3 Å². The Balaban J connectivity index is 1.56. The topological polar surface area (TPSA) is 359 Å². The molecular formula is C55H94N2O18. The number of allylic oxidation sites excluding steroid dienone is 1. The second-order valence-electron chi connectivity index (χ2n) is 21.4. The van der Waals surface area contributed by atoms with Gasteiger partial charge in [-0.15, -0.1) is 0 Å². The molecule has 1 aliphatic heterocycles. The molecule has 1 aromatic rings. The van der Waals surface area contributed by atoms with Crippen molar-refractivity contribution in [1.82, 2.24) is 10.2 Å². The van der Waals surface area contributed by atoms with Gasteiger partial charge < -0.3 is 81.5 Å². The van der Waals surface area contributed by atoms with Crippen molar-refractivity contribution in [2.24, 2.45) is 5.92 Å². The van der Waals surface area contributed by atoms with Gasteiger partial charge in [0.1, 0.15) is 11.8 Å². The number of unbranched alkanes of at least 4 members (excludes halogenated alkanes) is 4. The minimum atomic E-state index is -1.23. The highest BCUT2D eigenvalue weighted by molar-refractivity contribution is 6.08. The van der Waals surface area contributed by atoms with E-state index in [2.05, 4.69) is 12.2 Å². The lowest BCUT2D eigenvalue weighted by Crippen LogP contribution is -2.41. The van der Waals surface area contributed by atoms with Gasteiger partial charge in [-0.25, -0.2) is 0 Å². The summed E-state index contributed by atoms with van der Waals surface area (Å²) in [5.41, 5.74) is 1.90. The van der Waals surface area contributed by atoms with E-state index in [4.69, 9.17) is 4.74 Å². The van der Waals surface area contributed by atoms with Crippen LogP contribution in [-0.4, -0.2) is 200 Å². The van der Waals surface area contributed by atoms with E-state index in [9.17, 15) is 85.9 Å². The molecule has 1 aromatic carbocycles. The summed E-state index contributed by atoms with van der Waals surface area (Å²) in [7, 11) is 1.50. The highest BCUT2D eigenvalue weighted by atomic mass is 16.5. The predicted octanol–water partition coefficient (Wildman–Crippen LogP) is 1.07. The van der Waals surface area contributed by atoms with Crippen molar-refractivity contribution in [3.8, 4) is 0 Å². The van der Waals surface area contributed by atoms with Crippen LogP contribution in [0.5, 0.6) is 0 Å². The number of nitrogens with zero attached hydrogens (tertiary/aromatic N) is 1. The van der Waals surface area contributed by atoms with Crippen LogP contribution < -0.4 is 5.32 Å². The first-order chi connectivity index (χ1) is 35.5. The molecule has 16 atom stereocenters. The number of hydrogen-bond donors (Lipinski definition) is 15. The quantitative estimate of drug-likeness (QED) is 0.0247. The number of ether oxygens (including phenoxy) is 1. The van der Waals surface area contributed by atoms with Crippen LogP contribution >= 0.6 is 0 Å². The Morgan fingerprint density at radius 1 is 0.560 bits per heavy atom. The van der Waals surface area contributed by atoms with Gasteiger partial charge in [0.15, 0.2) is 0 Å². The number of aliphatic hydroxyl groups is 14. The summed E-state index contributed by atoms with van der Waals surface area (Å²) in [6.45, 7) is 3.98. The molecule has 1 aliphatic rings. The van der Waals surface area contributed by atoms with Gasteiger partial charge in [0.05, 0.1) is 92.6 Å². The van der Waals surface area contributed by atoms with E-state index in [1.165, 1.54) is 18.1 Å². The minimum absolute atomic E-state index is 0.0549. The first kappa shape index (κ1) is 67.7. The van der Waals surface area contributed by atoms with Gasteiger partial charge in [-0.1, -0.05) is 81.4 Å². The Hall–Kier alpha value is -3.45. The lowest BCUT2D eigenvalue weighted by molar-refractivity contribution is -0.139. The first-order valence-corrected chi connectivity index (χ1v) is 27.0. The van der Waals surface area contributed by atoms with Crippen molar-refractivity contribution in [2.45, 2.75) is 247 Å². The summed E-state index contributed by atoms with van der Waals surface area (Å²) in [6.07, 6.45) is -7.51. The van der Waals surface area contributed by atoms with Gasteiger partial charge in [-0.05, 0) is 108 Å². The summed E-state index contributed by atoms with van der Waals surface area (Å²) < 4.78 is 5.45. The fraction of sp³-hybridized carbons (Fsp3) is 0.764. The van der Waals surface area contributed by atoms with E-state index in [0.29, 0.717) is 30.9 Å². The number of carbonyl (C=O) groups excluding carboxylic acids is 3. The van der Waals surface area contributed by atoms with Gasteiger partial charge in [0.25, 0.3) is 11.8 Å². The third-order valence-corrected chi connectivity index (χ3v) is 13.7. The number of carbonyl (C=O) groups is 3. The summed E-state index contributed by atoms with van der Waals surface area (Å²) in [5, 5.41) is 147. The molecule has 0 saturated carbocycles.